The summed E-state index contributed by atoms with van der Waals surface area (Å²) in [4.78, 5) is 11.7. The minimum absolute atomic E-state index is 0.0281. The first-order valence-corrected chi connectivity index (χ1v) is 7.08. The van der Waals surface area contributed by atoms with Gasteiger partial charge in [-0.3, -0.25) is 4.79 Å². The number of phenols is 1. The second-order valence-electron chi connectivity index (χ2n) is 4.89. The molecule has 0 aliphatic rings. The zero-order valence-corrected chi connectivity index (χ0v) is 13.0. The number of rotatable bonds is 6. The summed E-state index contributed by atoms with van der Waals surface area (Å²) in [5, 5.41) is 16.6. The molecule has 2 rings (SSSR count). The quantitative estimate of drug-likeness (QED) is 0.564. The van der Waals surface area contributed by atoms with Gasteiger partial charge < -0.3 is 15.2 Å². The van der Waals surface area contributed by atoms with Crippen LogP contribution in [0.4, 0.5) is 5.69 Å². The first-order chi connectivity index (χ1) is 11.1. The van der Waals surface area contributed by atoms with Crippen molar-refractivity contribution in [3.05, 3.63) is 53.6 Å². The molecule has 0 spiro atoms. The minimum atomic E-state index is -0.280. The Morgan fingerprint density at radius 3 is 2.78 bits per heavy atom. The predicted molar refractivity (Wildman–Crippen MR) is 90.1 cm³/mol. The molecule has 1 amide bonds. The molecule has 0 atom stereocenters. The minimum Gasteiger partial charge on any atom is -0.507 e. The number of aryl methyl sites for hydroxylation is 1. The number of hydrogen-bond donors (Lipinski definition) is 3. The summed E-state index contributed by atoms with van der Waals surface area (Å²) >= 11 is 0. The Kier molecular flexibility index (Phi) is 5.57. The number of benzene rings is 2. The molecule has 0 aliphatic carbocycles. The van der Waals surface area contributed by atoms with Crippen molar-refractivity contribution in [3.8, 4) is 11.5 Å². The zero-order chi connectivity index (χ0) is 16.7. The molecule has 0 fully saturated rings. The first kappa shape index (κ1) is 16.4. The number of para-hydroxylation sites is 1. The van der Waals surface area contributed by atoms with Crippen LogP contribution >= 0.6 is 0 Å². The van der Waals surface area contributed by atoms with E-state index < -0.39 is 0 Å². The summed E-state index contributed by atoms with van der Waals surface area (Å²) in [6.45, 7) is 2.07. The average Bonchev–Trinajstić information content (AvgIpc) is 2.55. The second kappa shape index (κ2) is 7.84. The van der Waals surface area contributed by atoms with E-state index in [-0.39, 0.29) is 18.2 Å². The average molecular weight is 313 g/mol. The predicted octanol–water partition coefficient (Wildman–Crippen LogP) is 2.27. The number of ether oxygens (including phenoxy) is 1. The summed E-state index contributed by atoms with van der Waals surface area (Å²) in [6, 6.07) is 12.5. The standard InChI is InChI=1S/C17H19N3O3/c1-12-5-3-4-6-15(12)18-11-17(22)20-19-10-13-7-8-14(23-2)9-16(13)21/h3-10,18,21H,11H2,1-2H3,(H,20,22)/b19-10+. The van der Waals surface area contributed by atoms with Gasteiger partial charge in [-0.05, 0) is 30.7 Å². The number of carbonyl (C=O) groups is 1. The van der Waals surface area contributed by atoms with E-state index in [0.29, 0.717) is 11.3 Å². The van der Waals surface area contributed by atoms with Crippen LogP contribution in [0.25, 0.3) is 0 Å². The number of anilines is 1. The molecule has 2 aromatic rings. The molecular formula is C17H19N3O3. The highest BCUT2D eigenvalue weighted by Gasteiger charge is 2.03. The summed E-state index contributed by atoms with van der Waals surface area (Å²) in [5.74, 6) is 0.295. The largest absolute Gasteiger partial charge is 0.507 e. The summed E-state index contributed by atoms with van der Waals surface area (Å²) in [7, 11) is 1.52. The number of aromatic hydroxyl groups is 1. The number of amides is 1. The van der Waals surface area contributed by atoms with Crippen molar-refractivity contribution in [3.63, 3.8) is 0 Å². The number of phenolic OH excluding ortho intramolecular Hbond substituents is 1. The van der Waals surface area contributed by atoms with Crippen LogP contribution in [0, 0.1) is 6.92 Å². The molecule has 3 N–H and O–H groups in total. The zero-order valence-electron chi connectivity index (χ0n) is 13.0. The fraction of sp³-hybridized carbons (Fsp3) is 0.176. The van der Waals surface area contributed by atoms with Crippen molar-refractivity contribution in [2.24, 2.45) is 5.10 Å². The van der Waals surface area contributed by atoms with Crippen LogP contribution in [0.1, 0.15) is 11.1 Å². The summed E-state index contributed by atoms with van der Waals surface area (Å²) < 4.78 is 4.99. The smallest absolute Gasteiger partial charge is 0.259 e. The Morgan fingerprint density at radius 1 is 1.30 bits per heavy atom. The number of hydrazone groups is 1. The van der Waals surface area contributed by atoms with Crippen LogP contribution in [0.3, 0.4) is 0 Å². The van der Waals surface area contributed by atoms with Gasteiger partial charge in [-0.1, -0.05) is 18.2 Å². The fourth-order valence-electron chi connectivity index (χ4n) is 1.92. The second-order valence-corrected chi connectivity index (χ2v) is 4.89. The van der Waals surface area contributed by atoms with Gasteiger partial charge in [0.15, 0.2) is 0 Å². The van der Waals surface area contributed by atoms with Crippen LogP contribution in [-0.4, -0.2) is 30.9 Å². The monoisotopic (exact) mass is 313 g/mol. The molecule has 6 heteroatoms. The van der Waals surface area contributed by atoms with Crippen LogP contribution in [0.2, 0.25) is 0 Å². The van der Waals surface area contributed by atoms with Gasteiger partial charge >= 0.3 is 0 Å². The van der Waals surface area contributed by atoms with Crippen molar-refractivity contribution in [1.29, 1.82) is 0 Å². The summed E-state index contributed by atoms with van der Waals surface area (Å²) in [6.07, 6.45) is 1.38. The third kappa shape index (κ3) is 4.74. The number of hydrogen-bond acceptors (Lipinski definition) is 5. The van der Waals surface area contributed by atoms with E-state index in [9.17, 15) is 9.90 Å². The van der Waals surface area contributed by atoms with E-state index in [1.54, 1.807) is 12.1 Å². The molecule has 0 saturated heterocycles. The molecule has 6 nitrogen and oxygen atoms in total. The van der Waals surface area contributed by atoms with Gasteiger partial charge in [0, 0.05) is 17.3 Å². The Labute approximate surface area is 134 Å². The molecule has 23 heavy (non-hydrogen) atoms. The van der Waals surface area contributed by atoms with Gasteiger partial charge in [0.25, 0.3) is 5.91 Å². The molecule has 0 saturated carbocycles. The van der Waals surface area contributed by atoms with E-state index in [0.717, 1.165) is 11.3 Å². The van der Waals surface area contributed by atoms with Crippen LogP contribution in [0.5, 0.6) is 11.5 Å². The van der Waals surface area contributed by atoms with E-state index in [2.05, 4.69) is 15.8 Å². The maximum atomic E-state index is 11.7. The third-order valence-electron chi connectivity index (χ3n) is 3.21. The number of carbonyl (C=O) groups excluding carboxylic acids is 1. The molecule has 0 unspecified atom stereocenters. The molecule has 0 bridgehead atoms. The van der Waals surface area contributed by atoms with Crippen LogP contribution < -0.4 is 15.5 Å². The maximum Gasteiger partial charge on any atom is 0.259 e. The highest BCUT2D eigenvalue weighted by Crippen LogP contribution is 2.21. The lowest BCUT2D eigenvalue weighted by molar-refractivity contribution is -0.119. The van der Waals surface area contributed by atoms with Crippen molar-refractivity contribution >= 4 is 17.8 Å². The molecule has 120 valence electrons. The van der Waals surface area contributed by atoms with Crippen LogP contribution in [0.15, 0.2) is 47.6 Å². The lowest BCUT2D eigenvalue weighted by Gasteiger charge is -2.08. The Balaban J connectivity index is 1.85. The van der Waals surface area contributed by atoms with Gasteiger partial charge in [-0.25, -0.2) is 5.43 Å². The Morgan fingerprint density at radius 2 is 2.09 bits per heavy atom. The Bertz CT molecular complexity index is 714. The van der Waals surface area contributed by atoms with E-state index >= 15 is 0 Å². The van der Waals surface area contributed by atoms with Crippen molar-refractivity contribution < 1.29 is 14.6 Å². The molecule has 0 aliphatic heterocycles. The topological polar surface area (TPSA) is 83.0 Å². The molecule has 2 aromatic carbocycles. The molecule has 0 radical (unpaired) electrons. The van der Waals surface area contributed by atoms with Crippen molar-refractivity contribution in [2.75, 3.05) is 19.0 Å². The normalized spacial score (nSPS) is 10.5. The van der Waals surface area contributed by atoms with Crippen LogP contribution in [-0.2, 0) is 4.79 Å². The fourth-order valence-corrected chi connectivity index (χ4v) is 1.92. The number of methoxy groups -OCH3 is 1. The van der Waals surface area contributed by atoms with E-state index in [1.807, 2.05) is 31.2 Å². The number of nitrogens with one attached hydrogen (secondary N) is 2. The molecule has 0 aromatic heterocycles. The first-order valence-electron chi connectivity index (χ1n) is 7.08. The van der Waals surface area contributed by atoms with Gasteiger partial charge in [0.05, 0.1) is 19.9 Å². The maximum absolute atomic E-state index is 11.7. The van der Waals surface area contributed by atoms with Crippen molar-refractivity contribution in [2.45, 2.75) is 6.92 Å². The Hall–Kier alpha value is -3.02. The van der Waals surface area contributed by atoms with Gasteiger partial charge in [0.2, 0.25) is 0 Å². The summed E-state index contributed by atoms with van der Waals surface area (Å²) in [5.41, 5.74) is 4.85. The highest BCUT2D eigenvalue weighted by atomic mass is 16.5. The van der Waals surface area contributed by atoms with Crippen molar-refractivity contribution in [1.82, 2.24) is 5.43 Å². The molecular weight excluding hydrogens is 294 g/mol. The third-order valence-corrected chi connectivity index (χ3v) is 3.21. The highest BCUT2D eigenvalue weighted by molar-refractivity contribution is 5.86. The van der Waals surface area contributed by atoms with Gasteiger partial charge in [-0.15, -0.1) is 0 Å². The lowest BCUT2D eigenvalue weighted by Crippen LogP contribution is -2.26. The molecule has 0 heterocycles. The SMILES string of the molecule is COc1ccc(/C=N/NC(=O)CNc2ccccc2C)c(O)c1. The van der Waals surface area contributed by atoms with E-state index in [1.165, 1.54) is 19.4 Å². The van der Waals surface area contributed by atoms with Gasteiger partial charge in [0.1, 0.15) is 11.5 Å². The lowest BCUT2D eigenvalue weighted by atomic mass is 10.2. The van der Waals surface area contributed by atoms with E-state index in [4.69, 9.17) is 4.74 Å². The number of nitrogens with zero attached hydrogens (tertiary/aromatic N) is 1. The van der Waals surface area contributed by atoms with Gasteiger partial charge in [-0.2, -0.15) is 5.10 Å².